The van der Waals surface area contributed by atoms with Crippen LogP contribution in [0.3, 0.4) is 0 Å². The molecular formula is C44H53Cl5F4O7Si. The van der Waals surface area contributed by atoms with Crippen molar-refractivity contribution in [2.75, 3.05) is 46.9 Å². The first kappa shape index (κ1) is 59.3. The third kappa shape index (κ3) is 32.6. The van der Waals surface area contributed by atoms with E-state index < -0.39 is 19.0 Å². The van der Waals surface area contributed by atoms with Crippen LogP contribution >= 0.6 is 56.7 Å². The number of ketones is 2. The summed E-state index contributed by atoms with van der Waals surface area (Å²) in [5.74, 6) is 2.19. The van der Waals surface area contributed by atoms with Gasteiger partial charge in [0.25, 0.3) is 0 Å². The molecule has 0 aromatic heterocycles. The number of ether oxygens (including phenoxy) is 4. The van der Waals surface area contributed by atoms with Gasteiger partial charge in [-0.05, 0) is 136 Å². The molecule has 0 amide bonds. The van der Waals surface area contributed by atoms with E-state index in [0.29, 0.717) is 35.8 Å². The van der Waals surface area contributed by atoms with Crippen molar-refractivity contribution < 1.29 is 51.2 Å². The number of aliphatic hydroxyl groups is 1. The highest BCUT2D eigenvalue weighted by Crippen LogP contribution is 2.23. The summed E-state index contributed by atoms with van der Waals surface area (Å²) in [4.78, 5) is 24.3. The Labute approximate surface area is 382 Å². The molecule has 4 rings (SSSR count). The van der Waals surface area contributed by atoms with E-state index in [1.807, 2.05) is 6.92 Å². The summed E-state index contributed by atoms with van der Waals surface area (Å²) >= 11 is 19.9. The molecule has 7 nitrogen and oxygen atoms in total. The highest BCUT2D eigenvalue weighted by atomic mass is 36.0. The zero-order valence-corrected chi connectivity index (χ0v) is 39.0. The minimum absolute atomic E-state index is 0. The largest absolute Gasteiger partial charge is 0.494 e. The molecule has 0 radical (unpaired) electrons. The molecule has 0 aliphatic rings. The predicted octanol–water partition coefficient (Wildman–Crippen LogP) is 13.9. The van der Waals surface area contributed by atoms with Gasteiger partial charge in [-0.25, -0.2) is 8.78 Å². The first-order valence-corrected chi connectivity index (χ1v) is 24.8. The summed E-state index contributed by atoms with van der Waals surface area (Å²) in [5.41, 5.74) is 2.84. The zero-order chi connectivity index (χ0) is 45.0. The van der Waals surface area contributed by atoms with Crippen LogP contribution in [-0.2, 0) is 0 Å². The van der Waals surface area contributed by atoms with Crippen molar-refractivity contribution in [3.05, 3.63) is 131 Å². The molecule has 4 aromatic carbocycles. The number of allylic oxidation sites excluding steroid dienone is 2. The second kappa shape index (κ2) is 38.0. The van der Waals surface area contributed by atoms with E-state index in [-0.39, 0.29) is 43.9 Å². The summed E-state index contributed by atoms with van der Waals surface area (Å²) in [6.07, 6.45) is 10.2. The van der Waals surface area contributed by atoms with Crippen molar-refractivity contribution in [2.45, 2.75) is 46.5 Å². The molecule has 0 unspecified atom stereocenters. The Morgan fingerprint density at radius 1 is 0.541 bits per heavy atom. The number of hydrogen-bond acceptors (Lipinski definition) is 7. The smallest absolute Gasteiger partial charge is 0.440 e. The zero-order valence-electron chi connectivity index (χ0n) is 34.2. The number of carbonyl (C=O) groups excluding carboxylic acids is 2. The Morgan fingerprint density at radius 3 is 1.18 bits per heavy atom. The second-order valence-corrected chi connectivity index (χ2v) is 22.6. The number of alkyl halides is 4. The van der Waals surface area contributed by atoms with Gasteiger partial charge < -0.3 is 24.1 Å². The van der Waals surface area contributed by atoms with Crippen LogP contribution in [0.25, 0.3) is 12.2 Å². The monoisotopic (exact) mass is 972 g/mol. The quantitative estimate of drug-likeness (QED) is 0.0250. The van der Waals surface area contributed by atoms with Crippen molar-refractivity contribution in [2.24, 2.45) is 0 Å². The third-order valence-electron chi connectivity index (χ3n) is 6.97. The molecule has 4 aromatic rings. The van der Waals surface area contributed by atoms with E-state index in [1.165, 1.54) is 26.0 Å². The fourth-order valence-electron chi connectivity index (χ4n) is 4.37. The average molecular weight is 975 g/mol. The molecule has 0 atom stereocenters. The Morgan fingerprint density at radius 2 is 0.852 bits per heavy atom. The SMILES string of the molecule is CCF.CCF.CCOc1ccc(C(=O)C=Cc2ccc(OCF)cc2)cc1.Cl.Cl[Si](Cl)(Cl)Cl.O=C(C=Cc1ccc(OCF)cc1)c1ccc(OCCCCCCO)cc1. The maximum absolute atomic E-state index is 12.2. The van der Waals surface area contributed by atoms with E-state index in [1.54, 1.807) is 109 Å². The number of hydrogen-bond donors (Lipinski definition) is 1. The Balaban J connectivity index is 0. The number of benzene rings is 4. The van der Waals surface area contributed by atoms with E-state index >= 15 is 0 Å². The molecule has 0 heterocycles. The van der Waals surface area contributed by atoms with Crippen molar-refractivity contribution >= 4 is 85.8 Å². The van der Waals surface area contributed by atoms with E-state index in [2.05, 4.69) is 0 Å². The minimum atomic E-state index is -2.72. The number of rotatable bonds is 19. The second-order valence-electron chi connectivity index (χ2n) is 11.5. The fourth-order valence-corrected chi connectivity index (χ4v) is 4.37. The van der Waals surface area contributed by atoms with Crippen LogP contribution in [0.4, 0.5) is 17.6 Å². The van der Waals surface area contributed by atoms with Gasteiger partial charge in [0, 0.05) is 17.7 Å². The van der Waals surface area contributed by atoms with Gasteiger partial charge >= 0.3 is 5.31 Å². The number of aliphatic hydroxyl groups excluding tert-OH is 1. The van der Waals surface area contributed by atoms with Gasteiger partial charge in [0.1, 0.15) is 23.0 Å². The van der Waals surface area contributed by atoms with Gasteiger partial charge in [0.15, 0.2) is 11.6 Å². The van der Waals surface area contributed by atoms with Gasteiger partial charge in [-0.1, -0.05) is 42.8 Å². The van der Waals surface area contributed by atoms with Gasteiger partial charge in [-0.3, -0.25) is 18.4 Å². The van der Waals surface area contributed by atoms with Crippen LogP contribution in [0, 0.1) is 0 Å². The molecular weight excluding hydrogens is 922 g/mol. The summed E-state index contributed by atoms with van der Waals surface area (Å²) in [5, 5.41) is 6.00. The highest BCUT2D eigenvalue weighted by molar-refractivity contribution is 7.81. The van der Waals surface area contributed by atoms with Gasteiger partial charge in [0.2, 0.25) is 13.7 Å². The molecule has 0 spiro atoms. The molecule has 0 saturated carbocycles. The summed E-state index contributed by atoms with van der Waals surface area (Å²) in [6.45, 7) is 4.06. The fraction of sp³-hybridized carbons (Fsp3) is 0.318. The lowest BCUT2D eigenvalue weighted by Gasteiger charge is -2.06. The summed E-state index contributed by atoms with van der Waals surface area (Å²) in [7, 11) is 0. The van der Waals surface area contributed by atoms with E-state index in [0.717, 1.165) is 48.3 Å². The normalized spacial score (nSPS) is 10.2. The summed E-state index contributed by atoms with van der Waals surface area (Å²) < 4.78 is 65.1. The molecule has 61 heavy (non-hydrogen) atoms. The van der Waals surface area contributed by atoms with Gasteiger partial charge in [-0.15, -0.1) is 56.7 Å². The lowest BCUT2D eigenvalue weighted by molar-refractivity contribution is 0.103. The first-order chi connectivity index (χ1) is 28.8. The van der Waals surface area contributed by atoms with Gasteiger partial charge in [0.05, 0.1) is 26.6 Å². The first-order valence-electron chi connectivity index (χ1n) is 18.7. The molecule has 0 fully saturated rings. The third-order valence-corrected chi connectivity index (χ3v) is 6.97. The van der Waals surface area contributed by atoms with Crippen LogP contribution in [0.5, 0.6) is 23.0 Å². The molecule has 0 bridgehead atoms. The van der Waals surface area contributed by atoms with Crippen LogP contribution in [-0.4, -0.2) is 68.9 Å². The summed E-state index contributed by atoms with van der Waals surface area (Å²) in [6, 6.07) is 27.7. The Hall–Kier alpha value is -3.75. The van der Waals surface area contributed by atoms with Gasteiger partial charge in [-0.2, -0.15) is 0 Å². The molecule has 0 aliphatic heterocycles. The van der Waals surface area contributed by atoms with Crippen molar-refractivity contribution in [1.29, 1.82) is 0 Å². The predicted molar refractivity (Wildman–Crippen MR) is 248 cm³/mol. The van der Waals surface area contributed by atoms with Crippen molar-refractivity contribution in [3.63, 3.8) is 0 Å². The van der Waals surface area contributed by atoms with Crippen molar-refractivity contribution in [3.8, 4) is 23.0 Å². The Kier molecular flexibility index (Phi) is 36.9. The molecule has 1 N–H and O–H groups in total. The van der Waals surface area contributed by atoms with E-state index in [4.69, 9.17) is 68.4 Å². The number of unbranched alkanes of at least 4 members (excludes halogenated alkanes) is 3. The lowest BCUT2D eigenvalue weighted by atomic mass is 10.1. The van der Waals surface area contributed by atoms with Crippen LogP contribution < -0.4 is 18.9 Å². The van der Waals surface area contributed by atoms with Crippen LogP contribution in [0.2, 0.25) is 0 Å². The average Bonchev–Trinajstić information content (AvgIpc) is 3.22. The number of halogens is 9. The number of carbonyl (C=O) groups is 2. The maximum atomic E-state index is 12.2. The van der Waals surface area contributed by atoms with Crippen molar-refractivity contribution in [1.82, 2.24) is 0 Å². The molecule has 338 valence electrons. The topological polar surface area (TPSA) is 91.3 Å². The Bertz CT molecular complexity index is 1740. The molecule has 0 saturated heterocycles. The standard InChI is InChI=1S/C22H25FO4.C18H17FO3.2C2H5F.Cl4Si.ClH/c23-17-27-21-10-5-18(6-11-21)7-14-22(25)19-8-12-20(13-9-19)26-16-4-2-1-3-15-24;1-2-21-16-10-6-15(7-11-16)18(20)12-5-14-3-8-17(9-4-14)22-13-19;2*1-2-3;1-5(2,3)4;/h5-14,24H,1-4,15-17H2;3-12H,2,13H2,1H3;2*2H2,1H3;;1H. The molecule has 0 aliphatic carbocycles. The van der Waals surface area contributed by atoms with Crippen LogP contribution in [0.1, 0.15) is 78.3 Å². The lowest BCUT2D eigenvalue weighted by Crippen LogP contribution is -1.99. The van der Waals surface area contributed by atoms with E-state index in [9.17, 15) is 27.2 Å². The minimum Gasteiger partial charge on any atom is -0.494 e. The molecule has 17 heteroatoms. The highest BCUT2D eigenvalue weighted by Gasteiger charge is 2.19. The maximum Gasteiger partial charge on any atom is 0.440 e. The van der Waals surface area contributed by atoms with Crippen LogP contribution in [0.15, 0.2) is 109 Å².